The molecule has 10 heavy (non-hydrogen) atoms. The van der Waals surface area contributed by atoms with Gasteiger partial charge in [-0.1, -0.05) is 24.0 Å². The average molecular weight is 177 g/mol. The molecule has 0 bridgehead atoms. The largest absolute Gasteiger partial charge is 0.467 e. The molecule has 1 saturated heterocycles. The molecule has 1 rings (SSSR count). The van der Waals surface area contributed by atoms with Crippen molar-refractivity contribution < 1.29 is 9.53 Å². The lowest BCUT2D eigenvalue weighted by Crippen LogP contribution is -2.35. The monoisotopic (exact) mass is 177 g/mol. The van der Waals surface area contributed by atoms with Crippen LogP contribution in [0.4, 0.5) is 0 Å². The smallest absolute Gasteiger partial charge is 0.329 e. The third-order valence-electron chi connectivity index (χ3n) is 1.16. The van der Waals surface area contributed by atoms with Gasteiger partial charge in [0.25, 0.3) is 0 Å². The molecule has 0 saturated carbocycles. The fourth-order valence-corrected chi connectivity index (χ4v) is 1.76. The number of methoxy groups -OCH3 is 1. The van der Waals surface area contributed by atoms with Crippen LogP contribution in [0.15, 0.2) is 0 Å². The Balaban J connectivity index is 2.44. The SMILES string of the molecule is COC(=O)[C@H]1CSC(=S)N1. The molecule has 1 aliphatic rings. The van der Waals surface area contributed by atoms with Gasteiger partial charge in [0.2, 0.25) is 0 Å². The topological polar surface area (TPSA) is 38.3 Å². The molecule has 56 valence electrons. The number of nitrogens with one attached hydrogen (secondary N) is 1. The predicted octanol–water partition coefficient (Wildman–Crippen LogP) is 0.149. The number of esters is 1. The second-order valence-electron chi connectivity index (χ2n) is 1.82. The van der Waals surface area contributed by atoms with Gasteiger partial charge in [-0.2, -0.15) is 0 Å². The van der Waals surface area contributed by atoms with Crippen LogP contribution < -0.4 is 5.32 Å². The highest BCUT2D eigenvalue weighted by Gasteiger charge is 2.25. The van der Waals surface area contributed by atoms with E-state index in [2.05, 4.69) is 10.1 Å². The van der Waals surface area contributed by atoms with Crippen LogP contribution in [0.3, 0.4) is 0 Å². The first-order chi connectivity index (χ1) is 4.74. The molecular formula is C5H7NO2S2. The predicted molar refractivity (Wildman–Crippen MR) is 44.0 cm³/mol. The van der Waals surface area contributed by atoms with E-state index >= 15 is 0 Å². The summed E-state index contributed by atoms with van der Waals surface area (Å²) in [6.45, 7) is 0. The summed E-state index contributed by atoms with van der Waals surface area (Å²) in [5, 5.41) is 2.82. The maximum Gasteiger partial charge on any atom is 0.329 e. The summed E-state index contributed by atoms with van der Waals surface area (Å²) in [4.78, 5) is 10.8. The van der Waals surface area contributed by atoms with Gasteiger partial charge in [-0.05, 0) is 0 Å². The molecule has 0 radical (unpaired) electrons. The molecule has 0 aromatic rings. The Hall–Kier alpha value is -0.290. The van der Waals surface area contributed by atoms with Gasteiger partial charge in [0.15, 0.2) is 0 Å². The number of thioether (sulfide) groups is 1. The van der Waals surface area contributed by atoms with Gasteiger partial charge in [-0.3, -0.25) is 0 Å². The van der Waals surface area contributed by atoms with E-state index in [1.165, 1.54) is 18.9 Å². The molecule has 0 unspecified atom stereocenters. The van der Waals surface area contributed by atoms with Crippen molar-refractivity contribution in [3.8, 4) is 0 Å². The van der Waals surface area contributed by atoms with Crippen molar-refractivity contribution in [2.45, 2.75) is 6.04 Å². The Morgan fingerprint density at radius 3 is 3.10 bits per heavy atom. The van der Waals surface area contributed by atoms with E-state index in [0.717, 1.165) is 0 Å². The number of hydrogen-bond donors (Lipinski definition) is 1. The Kier molecular flexibility index (Phi) is 2.50. The Morgan fingerprint density at radius 1 is 2.00 bits per heavy atom. The molecule has 0 aliphatic carbocycles. The van der Waals surface area contributed by atoms with Gasteiger partial charge in [0.05, 0.1) is 7.11 Å². The lowest BCUT2D eigenvalue weighted by atomic mass is 10.3. The zero-order chi connectivity index (χ0) is 7.56. The Labute approximate surface area is 68.5 Å². The molecule has 1 aliphatic heterocycles. The molecule has 0 aromatic heterocycles. The molecule has 1 heterocycles. The summed E-state index contributed by atoms with van der Waals surface area (Å²) in [5.74, 6) is 0.443. The molecule has 0 aromatic carbocycles. The summed E-state index contributed by atoms with van der Waals surface area (Å²) >= 11 is 6.28. The third-order valence-corrected chi connectivity index (χ3v) is 2.51. The molecule has 0 amide bonds. The average Bonchev–Trinajstić information content (AvgIpc) is 2.34. The first kappa shape index (κ1) is 7.81. The number of hydrogen-bond acceptors (Lipinski definition) is 4. The van der Waals surface area contributed by atoms with E-state index in [-0.39, 0.29) is 12.0 Å². The van der Waals surface area contributed by atoms with Gasteiger partial charge < -0.3 is 10.1 Å². The highest BCUT2D eigenvalue weighted by Crippen LogP contribution is 2.13. The summed E-state index contributed by atoms with van der Waals surface area (Å²) in [6, 6.07) is -0.234. The maximum atomic E-state index is 10.8. The molecule has 5 heteroatoms. The van der Waals surface area contributed by atoms with Crippen molar-refractivity contribution in [3.05, 3.63) is 0 Å². The van der Waals surface area contributed by atoms with Crippen LogP contribution in [0.5, 0.6) is 0 Å². The summed E-state index contributed by atoms with van der Waals surface area (Å²) < 4.78 is 5.18. The molecule has 1 N–H and O–H groups in total. The second kappa shape index (κ2) is 3.21. The first-order valence-corrected chi connectivity index (χ1v) is 4.14. The molecule has 1 atom stereocenters. The van der Waals surface area contributed by atoms with E-state index in [9.17, 15) is 4.79 Å². The second-order valence-corrected chi connectivity index (χ2v) is 3.52. The van der Waals surface area contributed by atoms with E-state index in [4.69, 9.17) is 12.2 Å². The zero-order valence-electron chi connectivity index (χ0n) is 5.42. The van der Waals surface area contributed by atoms with Crippen LogP contribution >= 0.6 is 24.0 Å². The molecular weight excluding hydrogens is 170 g/mol. The summed E-state index contributed by atoms with van der Waals surface area (Å²) in [7, 11) is 1.37. The van der Waals surface area contributed by atoms with Crippen LogP contribution in [0.1, 0.15) is 0 Å². The molecule has 0 spiro atoms. The number of ether oxygens (including phenoxy) is 1. The maximum absolute atomic E-state index is 10.8. The third kappa shape index (κ3) is 1.60. The van der Waals surface area contributed by atoms with Gasteiger partial charge in [0.1, 0.15) is 10.4 Å². The van der Waals surface area contributed by atoms with Crippen molar-refractivity contribution in [2.75, 3.05) is 12.9 Å². The van der Waals surface area contributed by atoms with E-state index in [1.807, 2.05) is 0 Å². The number of thiocarbonyl (C=S) groups is 1. The number of carbonyl (C=O) groups is 1. The van der Waals surface area contributed by atoms with Crippen LogP contribution in [0, 0.1) is 0 Å². The lowest BCUT2D eigenvalue weighted by molar-refractivity contribution is -0.141. The Bertz CT molecular complexity index is 171. The van der Waals surface area contributed by atoms with Crippen molar-refractivity contribution >= 4 is 34.3 Å². The van der Waals surface area contributed by atoms with Crippen LogP contribution in [-0.2, 0) is 9.53 Å². The number of rotatable bonds is 1. The van der Waals surface area contributed by atoms with E-state index in [1.54, 1.807) is 0 Å². The van der Waals surface area contributed by atoms with Crippen molar-refractivity contribution in [2.24, 2.45) is 0 Å². The lowest BCUT2D eigenvalue weighted by Gasteiger charge is -2.04. The summed E-state index contributed by atoms with van der Waals surface area (Å²) in [6.07, 6.45) is 0. The van der Waals surface area contributed by atoms with Crippen LogP contribution in [0.25, 0.3) is 0 Å². The van der Waals surface area contributed by atoms with E-state index < -0.39 is 0 Å². The van der Waals surface area contributed by atoms with Crippen molar-refractivity contribution in [1.29, 1.82) is 0 Å². The van der Waals surface area contributed by atoms with Crippen molar-refractivity contribution in [1.82, 2.24) is 5.32 Å². The minimum absolute atomic E-state index is 0.234. The zero-order valence-corrected chi connectivity index (χ0v) is 7.05. The minimum atomic E-state index is -0.243. The van der Waals surface area contributed by atoms with Gasteiger partial charge in [-0.15, -0.1) is 0 Å². The summed E-state index contributed by atoms with van der Waals surface area (Å²) in [5.41, 5.74) is 0. The van der Waals surface area contributed by atoms with E-state index in [0.29, 0.717) is 10.1 Å². The highest BCUT2D eigenvalue weighted by atomic mass is 32.2. The van der Waals surface area contributed by atoms with Crippen molar-refractivity contribution in [3.63, 3.8) is 0 Å². The minimum Gasteiger partial charge on any atom is -0.467 e. The fraction of sp³-hybridized carbons (Fsp3) is 0.600. The Morgan fingerprint density at radius 2 is 2.70 bits per heavy atom. The highest BCUT2D eigenvalue weighted by molar-refractivity contribution is 8.23. The normalized spacial score (nSPS) is 24.1. The van der Waals surface area contributed by atoms with Gasteiger partial charge >= 0.3 is 5.97 Å². The fourth-order valence-electron chi connectivity index (χ4n) is 0.654. The molecule has 3 nitrogen and oxygen atoms in total. The van der Waals surface area contributed by atoms with Gasteiger partial charge in [-0.25, -0.2) is 4.79 Å². The standard InChI is InChI=1S/C5H7NO2S2/c1-8-4(7)3-2-10-5(9)6-3/h3H,2H2,1H3,(H,6,9)/t3-/m1/s1. The number of carbonyl (C=O) groups excluding carboxylic acids is 1. The van der Waals surface area contributed by atoms with Crippen LogP contribution in [0.2, 0.25) is 0 Å². The van der Waals surface area contributed by atoms with Crippen LogP contribution in [-0.4, -0.2) is 29.2 Å². The first-order valence-electron chi connectivity index (χ1n) is 2.75. The quantitative estimate of drug-likeness (QED) is 0.456. The van der Waals surface area contributed by atoms with Gasteiger partial charge in [0, 0.05) is 5.75 Å². The molecule has 1 fully saturated rings.